The number of nitro groups is 1. The fourth-order valence-corrected chi connectivity index (χ4v) is 2.06. The number of carbonyl (C=O) groups is 1. The fourth-order valence-electron chi connectivity index (χ4n) is 1.79. The summed E-state index contributed by atoms with van der Waals surface area (Å²) in [5, 5.41) is 10.2. The summed E-state index contributed by atoms with van der Waals surface area (Å²) in [5.41, 5.74) is 0.617. The first-order chi connectivity index (χ1) is 10.9. The van der Waals surface area contributed by atoms with Crippen LogP contribution in [0.2, 0.25) is 5.02 Å². The molecule has 0 N–H and O–H groups in total. The summed E-state index contributed by atoms with van der Waals surface area (Å²) >= 11 is 11.2. The van der Waals surface area contributed by atoms with Crippen LogP contribution in [0.1, 0.15) is 5.56 Å². The van der Waals surface area contributed by atoms with Gasteiger partial charge in [-0.2, -0.15) is 0 Å². The van der Waals surface area contributed by atoms with Crippen molar-refractivity contribution in [3.8, 4) is 17.2 Å². The second kappa shape index (κ2) is 7.30. The number of hydrogen-bond donors (Lipinski definition) is 0. The number of halogens is 2. The predicted molar refractivity (Wildman–Crippen MR) is 85.7 cm³/mol. The summed E-state index contributed by atoms with van der Waals surface area (Å²) in [6, 6.07) is 8.88. The van der Waals surface area contributed by atoms with Gasteiger partial charge in [-0.15, -0.1) is 0 Å². The first kappa shape index (κ1) is 17.1. The van der Waals surface area contributed by atoms with Gasteiger partial charge in [0, 0.05) is 12.1 Å². The second-order valence-corrected chi connectivity index (χ2v) is 5.37. The lowest BCUT2D eigenvalue weighted by molar-refractivity contribution is -0.384. The number of benzene rings is 2. The van der Waals surface area contributed by atoms with E-state index in [4.69, 9.17) is 32.7 Å². The van der Waals surface area contributed by atoms with Crippen LogP contribution in [0.3, 0.4) is 0 Å². The van der Waals surface area contributed by atoms with Crippen molar-refractivity contribution in [3.05, 3.63) is 57.1 Å². The largest absolute Gasteiger partial charge is 0.484 e. The number of nitrogens with zero attached hydrogens (tertiary/aromatic N) is 1. The Morgan fingerprint density at radius 2 is 1.91 bits per heavy atom. The predicted octanol–water partition coefficient (Wildman–Crippen LogP) is 4.49. The highest BCUT2D eigenvalue weighted by Gasteiger charge is 2.12. The van der Waals surface area contributed by atoms with E-state index in [-0.39, 0.29) is 17.3 Å². The van der Waals surface area contributed by atoms with E-state index < -0.39 is 10.2 Å². The topological polar surface area (TPSA) is 78.7 Å². The molecule has 0 aliphatic heterocycles. The third kappa shape index (κ3) is 4.58. The maximum Gasteiger partial charge on any atom is 0.271 e. The number of carbonyl (C=O) groups excluding carboxylic acids is 1. The van der Waals surface area contributed by atoms with Gasteiger partial charge < -0.3 is 9.47 Å². The maximum atomic E-state index is 10.7. The lowest BCUT2D eigenvalue weighted by Gasteiger charge is -2.11. The Balaban J connectivity index is 2.16. The molecule has 0 aliphatic carbocycles. The molecule has 8 heteroatoms. The SMILES string of the molecule is Cc1cc(Oc2ccc([N+](=O)[O-])cc2Cl)ccc1OCC(=O)Cl. The molecule has 2 aromatic carbocycles. The van der Waals surface area contributed by atoms with Crippen LogP contribution in [0.5, 0.6) is 17.2 Å². The highest BCUT2D eigenvalue weighted by atomic mass is 35.5. The number of ether oxygens (including phenoxy) is 2. The van der Waals surface area contributed by atoms with Gasteiger partial charge in [0.1, 0.15) is 17.2 Å². The summed E-state index contributed by atoms with van der Waals surface area (Å²) in [5.74, 6) is 1.27. The number of non-ortho nitro benzene ring substituents is 1. The molecule has 0 saturated carbocycles. The fraction of sp³-hybridized carbons (Fsp3) is 0.133. The van der Waals surface area contributed by atoms with Crippen LogP contribution in [-0.2, 0) is 4.79 Å². The van der Waals surface area contributed by atoms with E-state index in [0.29, 0.717) is 17.2 Å². The number of aryl methyl sites for hydroxylation is 1. The molecule has 0 aromatic heterocycles. The van der Waals surface area contributed by atoms with Gasteiger partial charge in [0.15, 0.2) is 6.61 Å². The molecule has 2 rings (SSSR count). The average Bonchev–Trinajstić information content (AvgIpc) is 2.48. The Kier molecular flexibility index (Phi) is 5.41. The average molecular weight is 356 g/mol. The molecule has 0 amide bonds. The monoisotopic (exact) mass is 355 g/mol. The smallest absolute Gasteiger partial charge is 0.271 e. The minimum atomic E-state index is -0.595. The van der Waals surface area contributed by atoms with Crippen molar-refractivity contribution in [2.45, 2.75) is 6.92 Å². The molecule has 0 radical (unpaired) electrons. The van der Waals surface area contributed by atoms with Crippen LogP contribution in [0, 0.1) is 17.0 Å². The minimum absolute atomic E-state index is 0.118. The van der Waals surface area contributed by atoms with Crippen molar-refractivity contribution in [3.63, 3.8) is 0 Å². The Bertz CT molecular complexity index is 764. The number of hydrogen-bond acceptors (Lipinski definition) is 5. The molecule has 0 heterocycles. The molecule has 2 aromatic rings. The van der Waals surface area contributed by atoms with E-state index >= 15 is 0 Å². The van der Waals surface area contributed by atoms with Gasteiger partial charge in [-0.1, -0.05) is 11.6 Å². The van der Waals surface area contributed by atoms with Gasteiger partial charge in [0.25, 0.3) is 10.9 Å². The molecule has 0 unspecified atom stereocenters. The zero-order valence-corrected chi connectivity index (χ0v) is 13.4. The first-order valence-corrected chi connectivity index (χ1v) is 7.16. The standard InChI is InChI=1S/C15H11Cl2NO5/c1-9-6-11(3-5-13(9)22-8-15(17)19)23-14-4-2-10(18(20)21)7-12(14)16/h2-7H,8H2,1H3. The summed E-state index contributed by atoms with van der Waals surface area (Å²) in [4.78, 5) is 20.8. The summed E-state index contributed by atoms with van der Waals surface area (Å²) in [7, 11) is 0. The Hall–Kier alpha value is -2.31. The lowest BCUT2D eigenvalue weighted by Crippen LogP contribution is -2.05. The quantitative estimate of drug-likeness (QED) is 0.433. The van der Waals surface area contributed by atoms with Crippen LogP contribution < -0.4 is 9.47 Å². The van der Waals surface area contributed by atoms with E-state index in [1.54, 1.807) is 25.1 Å². The van der Waals surface area contributed by atoms with Gasteiger partial charge in [-0.25, -0.2) is 0 Å². The summed E-state index contributed by atoms with van der Waals surface area (Å²) < 4.78 is 10.8. The van der Waals surface area contributed by atoms with Gasteiger partial charge in [-0.3, -0.25) is 14.9 Å². The number of rotatable bonds is 6. The number of nitro benzene ring substituents is 1. The molecule has 23 heavy (non-hydrogen) atoms. The van der Waals surface area contributed by atoms with Gasteiger partial charge >= 0.3 is 0 Å². The van der Waals surface area contributed by atoms with Gasteiger partial charge in [0.05, 0.1) is 9.95 Å². The molecule has 120 valence electrons. The molecular weight excluding hydrogens is 345 g/mol. The van der Waals surface area contributed by atoms with Crippen molar-refractivity contribution in [1.82, 2.24) is 0 Å². The summed E-state index contributed by atoms with van der Waals surface area (Å²) in [6.45, 7) is 1.55. The van der Waals surface area contributed by atoms with Crippen LogP contribution in [-0.4, -0.2) is 16.8 Å². The van der Waals surface area contributed by atoms with Crippen LogP contribution in [0.4, 0.5) is 5.69 Å². The zero-order valence-electron chi connectivity index (χ0n) is 11.9. The molecule has 0 spiro atoms. The third-order valence-corrected chi connectivity index (χ3v) is 3.25. The molecule has 0 bridgehead atoms. The Labute approximate surface area is 141 Å². The van der Waals surface area contributed by atoms with Gasteiger partial charge in [0.2, 0.25) is 0 Å². The lowest BCUT2D eigenvalue weighted by atomic mass is 10.2. The maximum absolute atomic E-state index is 10.7. The molecule has 0 aliphatic rings. The molecule has 6 nitrogen and oxygen atoms in total. The highest BCUT2D eigenvalue weighted by Crippen LogP contribution is 2.33. The van der Waals surface area contributed by atoms with E-state index in [1.807, 2.05) is 0 Å². The minimum Gasteiger partial charge on any atom is -0.484 e. The van der Waals surface area contributed by atoms with Crippen LogP contribution in [0.15, 0.2) is 36.4 Å². The van der Waals surface area contributed by atoms with Crippen LogP contribution >= 0.6 is 23.2 Å². The first-order valence-electron chi connectivity index (χ1n) is 6.40. The van der Waals surface area contributed by atoms with Crippen molar-refractivity contribution >= 4 is 34.1 Å². The van der Waals surface area contributed by atoms with Crippen molar-refractivity contribution < 1.29 is 19.2 Å². The van der Waals surface area contributed by atoms with Crippen molar-refractivity contribution in [2.24, 2.45) is 0 Å². The van der Waals surface area contributed by atoms with Gasteiger partial charge in [-0.05, 0) is 48.4 Å². The second-order valence-electron chi connectivity index (χ2n) is 4.54. The Morgan fingerprint density at radius 3 is 2.48 bits per heavy atom. The van der Waals surface area contributed by atoms with E-state index in [9.17, 15) is 14.9 Å². The van der Waals surface area contributed by atoms with Crippen molar-refractivity contribution in [2.75, 3.05) is 6.61 Å². The normalized spacial score (nSPS) is 10.2. The zero-order chi connectivity index (χ0) is 17.0. The summed E-state index contributed by atoms with van der Waals surface area (Å²) in [6.07, 6.45) is 0. The van der Waals surface area contributed by atoms with Crippen molar-refractivity contribution in [1.29, 1.82) is 0 Å². The van der Waals surface area contributed by atoms with E-state index in [2.05, 4.69) is 0 Å². The Morgan fingerprint density at radius 1 is 1.22 bits per heavy atom. The van der Waals surface area contributed by atoms with E-state index in [1.165, 1.54) is 18.2 Å². The molecule has 0 atom stereocenters. The molecule has 0 saturated heterocycles. The molecule has 0 fully saturated rings. The third-order valence-electron chi connectivity index (χ3n) is 2.84. The van der Waals surface area contributed by atoms with Crippen LogP contribution in [0.25, 0.3) is 0 Å². The highest BCUT2D eigenvalue weighted by molar-refractivity contribution is 6.63. The molecular formula is C15H11Cl2NO5. The van der Waals surface area contributed by atoms with E-state index in [0.717, 1.165) is 5.56 Å².